The summed E-state index contributed by atoms with van der Waals surface area (Å²) >= 11 is 1.70. The molecule has 108 valence electrons. The van der Waals surface area contributed by atoms with Gasteiger partial charge in [-0.05, 0) is 6.07 Å². The van der Waals surface area contributed by atoms with Crippen LogP contribution >= 0.6 is 11.8 Å². The van der Waals surface area contributed by atoms with Crippen LogP contribution in [0.3, 0.4) is 0 Å². The van der Waals surface area contributed by atoms with Crippen molar-refractivity contribution >= 4 is 21.6 Å². The van der Waals surface area contributed by atoms with E-state index in [1.165, 1.54) is 0 Å². The molecule has 0 amide bonds. The van der Waals surface area contributed by atoms with Crippen LogP contribution in [0.2, 0.25) is 0 Å². The lowest BCUT2D eigenvalue weighted by Crippen LogP contribution is -2.47. The Labute approximate surface area is 118 Å². The molecule has 1 saturated heterocycles. The average Bonchev–Trinajstić information content (AvgIpc) is 2.86. The summed E-state index contributed by atoms with van der Waals surface area (Å²) in [5.41, 5.74) is 6.60. The highest BCUT2D eigenvalue weighted by Gasteiger charge is 2.33. The molecular weight excluding hydrogens is 284 g/mol. The minimum absolute atomic E-state index is 0.184. The van der Waals surface area contributed by atoms with Crippen LogP contribution in [-0.2, 0) is 22.9 Å². The number of nitrogens with two attached hydrogens (primary N) is 1. The summed E-state index contributed by atoms with van der Waals surface area (Å²) < 4.78 is 29.6. The maximum Gasteiger partial charge on any atom is 0.166 e. The van der Waals surface area contributed by atoms with E-state index < -0.39 is 15.2 Å². The molecule has 1 aromatic heterocycles. The molecule has 1 aromatic rings. The molecule has 1 aliphatic heterocycles. The van der Waals surface area contributed by atoms with Crippen molar-refractivity contribution in [2.75, 3.05) is 23.8 Å². The van der Waals surface area contributed by atoms with Crippen LogP contribution in [0.15, 0.2) is 16.7 Å². The Hall–Kier alpha value is -0.500. The van der Waals surface area contributed by atoms with Crippen molar-refractivity contribution in [2.45, 2.75) is 25.4 Å². The lowest BCUT2D eigenvalue weighted by atomic mass is 10.2. The molecule has 0 bridgehead atoms. The molecular formula is C12H20N2O3S2. The van der Waals surface area contributed by atoms with Crippen molar-refractivity contribution in [2.24, 2.45) is 5.73 Å². The minimum Gasteiger partial charge on any atom is -0.468 e. The molecule has 0 radical (unpaired) electrons. The van der Waals surface area contributed by atoms with E-state index in [1.54, 1.807) is 24.9 Å². The zero-order chi connectivity index (χ0) is 13.9. The highest BCUT2D eigenvalue weighted by atomic mass is 32.2. The van der Waals surface area contributed by atoms with E-state index in [0.717, 1.165) is 23.6 Å². The molecule has 2 heterocycles. The van der Waals surface area contributed by atoms with Gasteiger partial charge in [0, 0.05) is 35.9 Å². The lowest BCUT2D eigenvalue weighted by molar-refractivity contribution is 0.259. The minimum atomic E-state index is -3.05. The number of hydrogen-bond acceptors (Lipinski definition) is 6. The predicted octanol–water partition coefficient (Wildman–Crippen LogP) is 1.05. The van der Waals surface area contributed by atoms with Gasteiger partial charge in [0.2, 0.25) is 0 Å². The molecule has 7 heteroatoms. The predicted molar refractivity (Wildman–Crippen MR) is 77.6 cm³/mol. The standard InChI is InChI=1S/C12H20N2O3S2/c1-2-19(15,16)12-9-18-6-4-14(12)8-10-3-5-17-11(10)7-13/h3,5,12H,2,4,6-9,13H2,1H3. The van der Waals surface area contributed by atoms with Crippen molar-refractivity contribution in [3.05, 3.63) is 23.7 Å². The third-order valence-electron chi connectivity index (χ3n) is 3.40. The SMILES string of the molecule is CCS(=O)(=O)C1CSCCN1Cc1ccoc1CN. The zero-order valence-electron chi connectivity index (χ0n) is 11.0. The molecule has 2 rings (SSSR count). The summed E-state index contributed by atoms with van der Waals surface area (Å²) in [4.78, 5) is 2.03. The fourth-order valence-corrected chi connectivity index (χ4v) is 5.30. The van der Waals surface area contributed by atoms with E-state index in [0.29, 0.717) is 18.8 Å². The van der Waals surface area contributed by atoms with Crippen molar-refractivity contribution in [1.29, 1.82) is 0 Å². The van der Waals surface area contributed by atoms with E-state index in [9.17, 15) is 8.42 Å². The molecule has 1 atom stereocenters. The Kier molecular flexibility index (Phi) is 4.94. The van der Waals surface area contributed by atoms with Crippen LogP contribution in [0.1, 0.15) is 18.2 Å². The van der Waals surface area contributed by atoms with Gasteiger partial charge < -0.3 is 10.2 Å². The molecule has 19 heavy (non-hydrogen) atoms. The summed E-state index contributed by atoms with van der Waals surface area (Å²) in [5.74, 6) is 2.53. The van der Waals surface area contributed by atoms with Crippen molar-refractivity contribution < 1.29 is 12.8 Å². The second kappa shape index (κ2) is 6.30. The Morgan fingerprint density at radius 2 is 2.37 bits per heavy atom. The third kappa shape index (κ3) is 3.34. The van der Waals surface area contributed by atoms with Crippen molar-refractivity contribution in [3.63, 3.8) is 0 Å². The van der Waals surface area contributed by atoms with Crippen LogP contribution < -0.4 is 5.73 Å². The zero-order valence-corrected chi connectivity index (χ0v) is 12.7. The smallest absolute Gasteiger partial charge is 0.166 e. The van der Waals surface area contributed by atoms with Gasteiger partial charge in [-0.2, -0.15) is 11.8 Å². The van der Waals surface area contributed by atoms with Gasteiger partial charge in [0.15, 0.2) is 9.84 Å². The van der Waals surface area contributed by atoms with E-state index in [-0.39, 0.29) is 5.75 Å². The maximum atomic E-state index is 12.1. The van der Waals surface area contributed by atoms with Crippen LogP contribution in [0.25, 0.3) is 0 Å². The van der Waals surface area contributed by atoms with Gasteiger partial charge in [0.25, 0.3) is 0 Å². The highest BCUT2D eigenvalue weighted by molar-refractivity contribution is 8.01. The fraction of sp³-hybridized carbons (Fsp3) is 0.667. The first-order valence-electron chi connectivity index (χ1n) is 6.37. The summed E-state index contributed by atoms with van der Waals surface area (Å²) in [5, 5.41) is -0.392. The van der Waals surface area contributed by atoms with Gasteiger partial charge in [-0.1, -0.05) is 6.92 Å². The van der Waals surface area contributed by atoms with E-state index >= 15 is 0 Å². The van der Waals surface area contributed by atoms with Crippen molar-refractivity contribution in [1.82, 2.24) is 4.90 Å². The Morgan fingerprint density at radius 1 is 1.58 bits per heavy atom. The van der Waals surface area contributed by atoms with Gasteiger partial charge in [0.05, 0.1) is 12.8 Å². The monoisotopic (exact) mass is 304 g/mol. The summed E-state index contributed by atoms with van der Waals surface area (Å²) in [6.07, 6.45) is 1.61. The highest BCUT2D eigenvalue weighted by Crippen LogP contribution is 2.24. The topological polar surface area (TPSA) is 76.5 Å². The lowest BCUT2D eigenvalue weighted by Gasteiger charge is -2.34. The van der Waals surface area contributed by atoms with Crippen LogP contribution in [0.4, 0.5) is 0 Å². The summed E-state index contributed by atoms with van der Waals surface area (Å²) in [7, 11) is -3.05. The van der Waals surface area contributed by atoms with Crippen LogP contribution in [0.5, 0.6) is 0 Å². The normalized spacial score (nSPS) is 21.7. The Bertz CT molecular complexity index is 513. The molecule has 0 spiro atoms. The fourth-order valence-electron chi connectivity index (χ4n) is 2.23. The first kappa shape index (κ1) is 14.9. The van der Waals surface area contributed by atoms with Gasteiger partial charge in [-0.15, -0.1) is 0 Å². The summed E-state index contributed by atoms with van der Waals surface area (Å²) in [6.45, 7) is 3.42. The molecule has 0 aliphatic carbocycles. The molecule has 5 nitrogen and oxygen atoms in total. The number of nitrogens with zero attached hydrogens (tertiary/aromatic N) is 1. The first-order valence-corrected chi connectivity index (χ1v) is 9.24. The molecule has 1 aliphatic rings. The summed E-state index contributed by atoms with van der Waals surface area (Å²) in [6, 6.07) is 1.87. The number of furan rings is 1. The number of rotatable bonds is 5. The van der Waals surface area contributed by atoms with Crippen LogP contribution in [0, 0.1) is 0 Å². The maximum absolute atomic E-state index is 12.1. The average molecular weight is 304 g/mol. The van der Waals surface area contributed by atoms with Gasteiger partial charge in [0.1, 0.15) is 11.1 Å². The van der Waals surface area contributed by atoms with E-state index in [1.807, 2.05) is 11.0 Å². The number of hydrogen-bond donors (Lipinski definition) is 1. The number of thioether (sulfide) groups is 1. The third-order valence-corrected chi connectivity index (χ3v) is 6.74. The van der Waals surface area contributed by atoms with E-state index in [4.69, 9.17) is 10.2 Å². The molecule has 0 aromatic carbocycles. The first-order chi connectivity index (χ1) is 9.08. The van der Waals surface area contributed by atoms with E-state index in [2.05, 4.69) is 0 Å². The number of sulfone groups is 1. The molecule has 1 unspecified atom stereocenters. The van der Waals surface area contributed by atoms with Crippen molar-refractivity contribution in [3.8, 4) is 0 Å². The molecule has 2 N–H and O–H groups in total. The van der Waals surface area contributed by atoms with Gasteiger partial charge in [-0.25, -0.2) is 8.42 Å². The second-order valence-corrected chi connectivity index (χ2v) is 8.12. The van der Waals surface area contributed by atoms with Gasteiger partial charge >= 0.3 is 0 Å². The second-order valence-electron chi connectivity index (χ2n) is 4.52. The van der Waals surface area contributed by atoms with Crippen LogP contribution in [-0.4, -0.2) is 42.5 Å². The largest absolute Gasteiger partial charge is 0.468 e. The quantitative estimate of drug-likeness (QED) is 0.876. The Morgan fingerprint density at radius 3 is 3.05 bits per heavy atom. The molecule has 0 saturated carbocycles. The van der Waals surface area contributed by atoms with Gasteiger partial charge in [-0.3, -0.25) is 4.90 Å². The molecule has 1 fully saturated rings. The Balaban J connectivity index is 2.17.